The summed E-state index contributed by atoms with van der Waals surface area (Å²) < 4.78 is 4.80. The number of ketones is 1. The Labute approximate surface area is 85.8 Å². The van der Waals surface area contributed by atoms with E-state index in [4.69, 9.17) is 4.74 Å². The Morgan fingerprint density at radius 3 is 2.29 bits per heavy atom. The van der Waals surface area contributed by atoms with Crippen LogP contribution in [-0.4, -0.2) is 68.6 Å². The zero-order valence-corrected chi connectivity index (χ0v) is 9.16. The van der Waals surface area contributed by atoms with Gasteiger partial charge in [0, 0.05) is 33.3 Å². The van der Waals surface area contributed by atoms with Gasteiger partial charge in [-0.15, -0.1) is 0 Å². The first-order valence-corrected chi connectivity index (χ1v) is 5.21. The van der Waals surface area contributed by atoms with Crippen molar-refractivity contribution in [2.75, 3.05) is 53.0 Å². The molecule has 0 aromatic rings. The molecule has 0 amide bonds. The molecule has 0 spiro atoms. The van der Waals surface area contributed by atoms with Crippen molar-refractivity contribution in [2.45, 2.75) is 6.92 Å². The Morgan fingerprint density at radius 2 is 1.79 bits per heavy atom. The number of rotatable bonds is 5. The van der Waals surface area contributed by atoms with E-state index < -0.39 is 0 Å². The van der Waals surface area contributed by atoms with E-state index in [-0.39, 0.29) is 12.4 Å². The summed E-state index contributed by atoms with van der Waals surface area (Å²) in [5, 5.41) is 0. The number of hydrogen-bond donors (Lipinski definition) is 0. The van der Waals surface area contributed by atoms with Gasteiger partial charge in [-0.1, -0.05) is 6.92 Å². The predicted octanol–water partition coefficient (Wildman–Crippen LogP) is -0.161. The van der Waals surface area contributed by atoms with Gasteiger partial charge in [0.2, 0.25) is 0 Å². The SMILES string of the molecule is CCN1CCN(CC(=O)COC)CC1. The van der Waals surface area contributed by atoms with Crippen molar-refractivity contribution >= 4 is 5.78 Å². The number of ether oxygens (including phenoxy) is 1. The van der Waals surface area contributed by atoms with Crippen LogP contribution in [-0.2, 0) is 9.53 Å². The third-order valence-corrected chi connectivity index (χ3v) is 2.62. The maximum atomic E-state index is 11.3. The van der Waals surface area contributed by atoms with Gasteiger partial charge in [0.05, 0.1) is 6.54 Å². The molecule has 0 aromatic carbocycles. The molecule has 0 N–H and O–H groups in total. The zero-order chi connectivity index (χ0) is 10.4. The minimum Gasteiger partial charge on any atom is -0.377 e. The molecule has 0 saturated carbocycles. The van der Waals surface area contributed by atoms with E-state index >= 15 is 0 Å². The molecule has 0 aromatic heterocycles. The predicted molar refractivity (Wildman–Crippen MR) is 55.4 cm³/mol. The van der Waals surface area contributed by atoms with Gasteiger partial charge in [-0.3, -0.25) is 9.69 Å². The highest BCUT2D eigenvalue weighted by Crippen LogP contribution is 2.00. The number of methoxy groups -OCH3 is 1. The molecule has 1 aliphatic heterocycles. The van der Waals surface area contributed by atoms with E-state index in [1.807, 2.05) is 0 Å². The Bertz CT molecular complexity index is 177. The van der Waals surface area contributed by atoms with Crippen molar-refractivity contribution in [3.8, 4) is 0 Å². The van der Waals surface area contributed by atoms with Crippen molar-refractivity contribution in [3.05, 3.63) is 0 Å². The van der Waals surface area contributed by atoms with Crippen LogP contribution in [0.1, 0.15) is 6.92 Å². The lowest BCUT2D eigenvalue weighted by molar-refractivity contribution is -0.124. The number of carbonyl (C=O) groups excluding carboxylic acids is 1. The molecule has 1 saturated heterocycles. The molecule has 0 unspecified atom stereocenters. The minimum absolute atomic E-state index is 0.178. The van der Waals surface area contributed by atoms with Gasteiger partial charge in [-0.05, 0) is 6.54 Å². The molecular weight excluding hydrogens is 180 g/mol. The molecule has 14 heavy (non-hydrogen) atoms. The first kappa shape index (κ1) is 11.6. The number of likely N-dealkylation sites (N-methyl/N-ethyl adjacent to an activating group) is 1. The van der Waals surface area contributed by atoms with Crippen LogP contribution in [0.15, 0.2) is 0 Å². The van der Waals surface area contributed by atoms with Crippen LogP contribution in [0.3, 0.4) is 0 Å². The molecule has 0 bridgehead atoms. The largest absolute Gasteiger partial charge is 0.377 e. The topological polar surface area (TPSA) is 32.8 Å². The van der Waals surface area contributed by atoms with Crippen LogP contribution >= 0.6 is 0 Å². The molecule has 0 radical (unpaired) electrons. The average Bonchev–Trinajstić information content (AvgIpc) is 2.19. The lowest BCUT2D eigenvalue weighted by atomic mass is 10.3. The van der Waals surface area contributed by atoms with Gasteiger partial charge in [0.25, 0.3) is 0 Å². The summed E-state index contributed by atoms with van der Waals surface area (Å²) in [5.41, 5.74) is 0. The van der Waals surface area contributed by atoms with E-state index in [0.29, 0.717) is 6.54 Å². The van der Waals surface area contributed by atoms with E-state index in [9.17, 15) is 4.79 Å². The molecule has 1 fully saturated rings. The van der Waals surface area contributed by atoms with Crippen LogP contribution in [0.2, 0.25) is 0 Å². The minimum atomic E-state index is 0.178. The maximum Gasteiger partial charge on any atom is 0.172 e. The van der Waals surface area contributed by atoms with E-state index in [0.717, 1.165) is 32.7 Å². The van der Waals surface area contributed by atoms with Crippen molar-refractivity contribution in [3.63, 3.8) is 0 Å². The van der Waals surface area contributed by atoms with Gasteiger partial charge in [0.15, 0.2) is 5.78 Å². The Balaban J connectivity index is 2.18. The van der Waals surface area contributed by atoms with Gasteiger partial charge in [0.1, 0.15) is 6.61 Å². The van der Waals surface area contributed by atoms with Gasteiger partial charge >= 0.3 is 0 Å². The molecule has 1 rings (SSSR count). The summed E-state index contributed by atoms with van der Waals surface area (Å²) in [6.07, 6.45) is 0. The molecule has 0 atom stereocenters. The molecule has 1 heterocycles. The highest BCUT2D eigenvalue weighted by Gasteiger charge is 2.17. The first-order chi connectivity index (χ1) is 6.76. The zero-order valence-electron chi connectivity index (χ0n) is 9.16. The fourth-order valence-electron chi connectivity index (χ4n) is 1.72. The van der Waals surface area contributed by atoms with Gasteiger partial charge in [-0.2, -0.15) is 0 Å². The van der Waals surface area contributed by atoms with E-state index in [1.54, 1.807) is 7.11 Å². The summed E-state index contributed by atoms with van der Waals surface area (Å²) in [6.45, 7) is 8.24. The Hall–Kier alpha value is -0.450. The Kier molecular flexibility index (Phi) is 5.07. The fourth-order valence-corrected chi connectivity index (χ4v) is 1.72. The fraction of sp³-hybridized carbons (Fsp3) is 0.900. The highest BCUT2D eigenvalue weighted by atomic mass is 16.5. The number of carbonyl (C=O) groups is 1. The molecule has 4 nitrogen and oxygen atoms in total. The highest BCUT2D eigenvalue weighted by molar-refractivity contribution is 5.81. The van der Waals surface area contributed by atoms with Crippen LogP contribution in [0.25, 0.3) is 0 Å². The van der Waals surface area contributed by atoms with Crippen molar-refractivity contribution in [1.82, 2.24) is 9.80 Å². The number of piperazine rings is 1. The van der Waals surface area contributed by atoms with Crippen LogP contribution in [0.4, 0.5) is 0 Å². The standard InChI is InChI=1S/C10H20N2O2/c1-3-11-4-6-12(7-5-11)8-10(13)9-14-2/h3-9H2,1-2H3. The quantitative estimate of drug-likeness (QED) is 0.617. The van der Waals surface area contributed by atoms with E-state index in [2.05, 4.69) is 16.7 Å². The summed E-state index contributed by atoms with van der Waals surface area (Å²) >= 11 is 0. The van der Waals surface area contributed by atoms with Crippen LogP contribution in [0.5, 0.6) is 0 Å². The summed E-state index contributed by atoms with van der Waals surface area (Å²) in [4.78, 5) is 15.9. The molecule has 82 valence electrons. The van der Waals surface area contributed by atoms with Crippen molar-refractivity contribution in [1.29, 1.82) is 0 Å². The average molecular weight is 200 g/mol. The number of hydrogen-bond acceptors (Lipinski definition) is 4. The second-order valence-electron chi connectivity index (χ2n) is 3.68. The van der Waals surface area contributed by atoms with Crippen LogP contribution in [0, 0.1) is 0 Å². The lowest BCUT2D eigenvalue weighted by Crippen LogP contribution is -2.48. The number of Topliss-reactive ketones (excluding diaryl/α,β-unsaturated/α-hetero) is 1. The maximum absolute atomic E-state index is 11.3. The molecular formula is C10H20N2O2. The third-order valence-electron chi connectivity index (χ3n) is 2.62. The summed E-state index contributed by atoms with van der Waals surface area (Å²) in [6, 6.07) is 0. The molecule has 1 aliphatic rings. The smallest absolute Gasteiger partial charge is 0.172 e. The summed E-state index contributed by atoms with van der Waals surface area (Å²) in [7, 11) is 1.56. The normalized spacial score (nSPS) is 19.9. The van der Waals surface area contributed by atoms with E-state index in [1.165, 1.54) is 0 Å². The second kappa shape index (κ2) is 6.11. The monoisotopic (exact) mass is 200 g/mol. The summed E-state index contributed by atoms with van der Waals surface area (Å²) in [5.74, 6) is 0.178. The Morgan fingerprint density at radius 1 is 1.21 bits per heavy atom. The molecule has 0 aliphatic carbocycles. The third kappa shape index (κ3) is 3.74. The van der Waals surface area contributed by atoms with Crippen LogP contribution < -0.4 is 0 Å². The van der Waals surface area contributed by atoms with Gasteiger partial charge in [-0.25, -0.2) is 0 Å². The van der Waals surface area contributed by atoms with Crippen molar-refractivity contribution in [2.24, 2.45) is 0 Å². The van der Waals surface area contributed by atoms with Gasteiger partial charge < -0.3 is 9.64 Å². The first-order valence-electron chi connectivity index (χ1n) is 5.21. The van der Waals surface area contributed by atoms with Crippen molar-refractivity contribution < 1.29 is 9.53 Å². The lowest BCUT2D eigenvalue weighted by Gasteiger charge is -2.33. The number of nitrogens with zero attached hydrogens (tertiary/aromatic N) is 2. The second-order valence-corrected chi connectivity index (χ2v) is 3.68. The molecule has 4 heteroatoms.